The van der Waals surface area contributed by atoms with Gasteiger partial charge in [0.15, 0.2) is 0 Å². The minimum absolute atomic E-state index is 0.331. The van der Waals surface area contributed by atoms with Crippen molar-refractivity contribution < 1.29 is 0 Å². The van der Waals surface area contributed by atoms with E-state index in [1.54, 1.807) is 6.20 Å². The van der Waals surface area contributed by atoms with E-state index >= 15 is 0 Å². The van der Waals surface area contributed by atoms with E-state index in [-0.39, 0.29) is 11.2 Å². The molecule has 1 aliphatic carbocycles. The Morgan fingerprint density at radius 3 is 2.76 bits per heavy atom. The van der Waals surface area contributed by atoms with Gasteiger partial charge in [0.05, 0.1) is 0 Å². The summed E-state index contributed by atoms with van der Waals surface area (Å²) in [4.78, 5) is 24.5. The number of hydrogen-bond donors (Lipinski definition) is 2. The Bertz CT molecular complexity index is 457. The number of nitrogens with one attached hydrogen (secondary N) is 2. The number of rotatable bonds is 4. The molecule has 1 heterocycles. The first-order chi connectivity index (χ1) is 8.25. The van der Waals surface area contributed by atoms with Gasteiger partial charge in [-0.3, -0.25) is 14.3 Å². The molecule has 0 aliphatic heterocycles. The molecule has 0 saturated heterocycles. The first-order valence-corrected chi connectivity index (χ1v) is 6.29. The van der Waals surface area contributed by atoms with Crippen molar-refractivity contribution >= 4 is 0 Å². The highest BCUT2D eigenvalue weighted by molar-refractivity contribution is 4.82. The van der Waals surface area contributed by atoms with Crippen LogP contribution in [0.4, 0.5) is 0 Å². The first-order valence-electron chi connectivity index (χ1n) is 6.29. The summed E-state index contributed by atoms with van der Waals surface area (Å²) in [5.74, 6) is 0. The highest BCUT2D eigenvalue weighted by Crippen LogP contribution is 2.16. The van der Waals surface area contributed by atoms with Crippen LogP contribution in [0.5, 0.6) is 0 Å². The van der Waals surface area contributed by atoms with Crippen LogP contribution in [0.1, 0.15) is 32.1 Å². The van der Waals surface area contributed by atoms with Gasteiger partial charge in [-0.05, 0) is 12.8 Å². The van der Waals surface area contributed by atoms with Gasteiger partial charge >= 0.3 is 5.69 Å². The molecule has 2 rings (SSSR count). The molecule has 0 spiro atoms. The molecular formula is C12H19N3O2. The molecule has 0 amide bonds. The van der Waals surface area contributed by atoms with Crippen molar-refractivity contribution in [2.24, 2.45) is 0 Å². The molecule has 0 unspecified atom stereocenters. The summed E-state index contributed by atoms with van der Waals surface area (Å²) < 4.78 is 1.53. The van der Waals surface area contributed by atoms with Gasteiger partial charge in [-0.1, -0.05) is 19.3 Å². The molecule has 94 valence electrons. The van der Waals surface area contributed by atoms with Crippen LogP contribution in [0.25, 0.3) is 0 Å². The Balaban J connectivity index is 1.81. The Morgan fingerprint density at radius 1 is 1.29 bits per heavy atom. The zero-order valence-corrected chi connectivity index (χ0v) is 9.95. The maximum atomic E-state index is 11.4. The van der Waals surface area contributed by atoms with Crippen LogP contribution in [-0.2, 0) is 6.54 Å². The van der Waals surface area contributed by atoms with Crippen molar-refractivity contribution in [1.29, 1.82) is 0 Å². The van der Waals surface area contributed by atoms with E-state index in [1.165, 1.54) is 42.7 Å². The normalized spacial score (nSPS) is 17.2. The number of aromatic amines is 1. The Kier molecular flexibility index (Phi) is 4.14. The van der Waals surface area contributed by atoms with Crippen LogP contribution >= 0.6 is 0 Å². The summed E-state index contributed by atoms with van der Waals surface area (Å²) in [6.45, 7) is 1.38. The standard InChI is InChI=1S/C12H19N3O2/c16-11-6-8-15(12(17)14-11)9-7-13-10-4-2-1-3-5-10/h6,8,10,13H,1-5,7,9H2,(H,14,16,17). The van der Waals surface area contributed by atoms with E-state index in [4.69, 9.17) is 0 Å². The molecule has 1 aromatic rings. The number of hydrogen-bond acceptors (Lipinski definition) is 3. The Labute approximate surface area is 99.9 Å². The number of H-pyrrole nitrogens is 1. The molecule has 1 aliphatic rings. The fourth-order valence-corrected chi connectivity index (χ4v) is 2.32. The zero-order valence-electron chi connectivity index (χ0n) is 9.95. The second-order valence-corrected chi connectivity index (χ2v) is 4.59. The molecule has 2 N–H and O–H groups in total. The van der Waals surface area contributed by atoms with Crippen molar-refractivity contribution in [3.05, 3.63) is 33.1 Å². The van der Waals surface area contributed by atoms with E-state index in [0.717, 1.165) is 6.54 Å². The van der Waals surface area contributed by atoms with Gasteiger partial charge in [-0.15, -0.1) is 0 Å². The van der Waals surface area contributed by atoms with Gasteiger partial charge in [0.2, 0.25) is 0 Å². The lowest BCUT2D eigenvalue weighted by Crippen LogP contribution is -2.36. The van der Waals surface area contributed by atoms with Gasteiger partial charge in [-0.25, -0.2) is 4.79 Å². The Hall–Kier alpha value is -1.36. The maximum Gasteiger partial charge on any atom is 0.328 e. The number of nitrogens with zero attached hydrogens (tertiary/aromatic N) is 1. The quantitative estimate of drug-likeness (QED) is 0.799. The smallest absolute Gasteiger partial charge is 0.312 e. The predicted molar refractivity (Wildman–Crippen MR) is 66.2 cm³/mol. The second kappa shape index (κ2) is 5.82. The fourth-order valence-electron chi connectivity index (χ4n) is 2.32. The molecule has 0 aromatic carbocycles. The SMILES string of the molecule is O=c1ccn(CCNC2CCCCC2)c(=O)[nH]1. The Morgan fingerprint density at radius 2 is 2.06 bits per heavy atom. The maximum absolute atomic E-state index is 11.4. The van der Waals surface area contributed by atoms with Gasteiger partial charge < -0.3 is 5.32 Å². The lowest BCUT2D eigenvalue weighted by molar-refractivity contribution is 0.366. The van der Waals surface area contributed by atoms with E-state index in [1.807, 2.05) is 0 Å². The largest absolute Gasteiger partial charge is 0.328 e. The van der Waals surface area contributed by atoms with E-state index in [2.05, 4.69) is 10.3 Å². The van der Waals surface area contributed by atoms with Crippen LogP contribution in [0.3, 0.4) is 0 Å². The first kappa shape index (κ1) is 12.1. The minimum atomic E-state index is -0.341. The molecule has 5 heteroatoms. The van der Waals surface area contributed by atoms with Crippen LogP contribution in [0.15, 0.2) is 21.9 Å². The molecule has 0 radical (unpaired) electrons. The van der Waals surface area contributed by atoms with Crippen LogP contribution in [0, 0.1) is 0 Å². The van der Waals surface area contributed by atoms with Crippen molar-refractivity contribution in [3.8, 4) is 0 Å². The van der Waals surface area contributed by atoms with E-state index in [9.17, 15) is 9.59 Å². The van der Waals surface area contributed by atoms with Gasteiger partial charge in [0.25, 0.3) is 5.56 Å². The summed E-state index contributed by atoms with van der Waals surface area (Å²) in [5, 5.41) is 3.46. The average molecular weight is 237 g/mol. The zero-order chi connectivity index (χ0) is 12.1. The van der Waals surface area contributed by atoms with Crippen LogP contribution < -0.4 is 16.6 Å². The summed E-state index contributed by atoms with van der Waals surface area (Å²) in [6.07, 6.45) is 7.97. The lowest BCUT2D eigenvalue weighted by Gasteiger charge is -2.22. The molecule has 0 atom stereocenters. The number of aromatic nitrogens is 2. The molecule has 1 aromatic heterocycles. The molecular weight excluding hydrogens is 218 g/mol. The third-order valence-corrected chi connectivity index (χ3v) is 3.29. The fraction of sp³-hybridized carbons (Fsp3) is 0.667. The summed E-state index contributed by atoms with van der Waals surface area (Å²) in [5.41, 5.74) is -0.672. The van der Waals surface area contributed by atoms with Crippen molar-refractivity contribution in [3.63, 3.8) is 0 Å². The molecule has 5 nitrogen and oxygen atoms in total. The highest BCUT2D eigenvalue weighted by Gasteiger charge is 2.11. The van der Waals surface area contributed by atoms with Gasteiger partial charge in [0, 0.05) is 31.4 Å². The van der Waals surface area contributed by atoms with E-state index in [0.29, 0.717) is 12.6 Å². The lowest BCUT2D eigenvalue weighted by atomic mass is 9.95. The predicted octanol–water partition coefficient (Wildman–Crippen LogP) is 0.459. The van der Waals surface area contributed by atoms with Crippen molar-refractivity contribution in [2.45, 2.75) is 44.7 Å². The van der Waals surface area contributed by atoms with Crippen molar-refractivity contribution in [2.75, 3.05) is 6.54 Å². The van der Waals surface area contributed by atoms with Crippen LogP contribution in [-0.4, -0.2) is 22.1 Å². The van der Waals surface area contributed by atoms with Gasteiger partial charge in [0.1, 0.15) is 0 Å². The highest BCUT2D eigenvalue weighted by atomic mass is 16.2. The van der Waals surface area contributed by atoms with Crippen molar-refractivity contribution in [1.82, 2.24) is 14.9 Å². The average Bonchev–Trinajstić information content (AvgIpc) is 2.33. The minimum Gasteiger partial charge on any atom is -0.312 e. The molecule has 17 heavy (non-hydrogen) atoms. The molecule has 1 fully saturated rings. The topological polar surface area (TPSA) is 66.9 Å². The summed E-state index contributed by atoms with van der Waals surface area (Å²) in [6, 6.07) is 1.98. The van der Waals surface area contributed by atoms with Crippen LogP contribution in [0.2, 0.25) is 0 Å². The third kappa shape index (κ3) is 3.56. The van der Waals surface area contributed by atoms with E-state index < -0.39 is 0 Å². The summed E-state index contributed by atoms with van der Waals surface area (Å²) in [7, 11) is 0. The third-order valence-electron chi connectivity index (χ3n) is 3.29. The van der Waals surface area contributed by atoms with Gasteiger partial charge in [-0.2, -0.15) is 0 Å². The monoisotopic (exact) mass is 237 g/mol. The molecule has 1 saturated carbocycles. The molecule has 0 bridgehead atoms. The second-order valence-electron chi connectivity index (χ2n) is 4.59. The summed E-state index contributed by atoms with van der Waals surface area (Å²) >= 11 is 0.